The Bertz CT molecular complexity index is 1960. The van der Waals surface area contributed by atoms with Crippen LogP contribution in [0.25, 0.3) is 26.5 Å². The molecule has 214 valence electrons. The summed E-state index contributed by atoms with van der Waals surface area (Å²) < 4.78 is 31.2. The van der Waals surface area contributed by atoms with Gasteiger partial charge in [0.05, 0.1) is 16.9 Å². The van der Waals surface area contributed by atoms with Crippen molar-refractivity contribution in [2.24, 2.45) is 0 Å². The van der Waals surface area contributed by atoms with Gasteiger partial charge in [-0.05, 0) is 61.6 Å². The first-order valence-electron chi connectivity index (χ1n) is 12.2. The second-order valence-corrected chi connectivity index (χ2v) is 10.4. The highest BCUT2D eigenvalue weighted by Crippen LogP contribution is 2.38. The van der Waals surface area contributed by atoms with Gasteiger partial charge in [-0.25, -0.2) is 22.9 Å². The van der Waals surface area contributed by atoms with Gasteiger partial charge in [0.1, 0.15) is 16.5 Å². The maximum absolute atomic E-state index is 14.8. The summed E-state index contributed by atoms with van der Waals surface area (Å²) in [7, 11) is 3.50. The Balaban J connectivity index is 1.87. The van der Waals surface area contributed by atoms with E-state index in [0.717, 1.165) is 40.2 Å². The predicted octanol–water partition coefficient (Wildman–Crippen LogP) is 3.67. The molecule has 5 aromatic rings. The van der Waals surface area contributed by atoms with Crippen molar-refractivity contribution >= 4 is 33.2 Å². The number of nitro groups is 1. The Morgan fingerprint density at radius 2 is 1.69 bits per heavy atom. The van der Waals surface area contributed by atoms with Crippen LogP contribution in [0.1, 0.15) is 21.6 Å². The van der Waals surface area contributed by atoms with Gasteiger partial charge < -0.3 is 10.0 Å². The van der Waals surface area contributed by atoms with E-state index >= 15 is 0 Å². The van der Waals surface area contributed by atoms with Crippen LogP contribution < -0.4 is 11.2 Å². The standard InChI is InChI=1S/C27H20F2N6O6S/c1-32(2)12-17-22-24(36)34(21-11-10-20(26(37)38)30-31-21)27(39)33(13-16-18(28)4-3-5-19(16)29)25(22)42-23(17)14-6-8-15(9-7-14)35(40)41/h3-11H,12-13H2,1-2H3,(H,37,38). The third-order valence-electron chi connectivity index (χ3n) is 6.36. The minimum absolute atomic E-state index is 0.0579. The van der Waals surface area contributed by atoms with Crippen LogP contribution in [0.15, 0.2) is 64.2 Å². The van der Waals surface area contributed by atoms with Gasteiger partial charge in [0.2, 0.25) is 0 Å². The SMILES string of the molecule is CN(C)Cc1c(-c2ccc([N+](=O)[O-])cc2)sc2c1c(=O)n(-c1ccc(C(=O)O)nn1)c(=O)n2Cc1c(F)cccc1F. The molecule has 0 saturated carbocycles. The van der Waals surface area contributed by atoms with Crippen molar-refractivity contribution in [1.82, 2.24) is 24.2 Å². The number of thiophene rings is 1. The monoisotopic (exact) mass is 594 g/mol. The lowest BCUT2D eigenvalue weighted by Gasteiger charge is -2.14. The zero-order valence-electron chi connectivity index (χ0n) is 21.9. The number of hydrogen-bond donors (Lipinski definition) is 1. The van der Waals surface area contributed by atoms with Gasteiger partial charge in [-0.2, -0.15) is 0 Å². The first-order valence-corrected chi connectivity index (χ1v) is 13.0. The van der Waals surface area contributed by atoms with Gasteiger partial charge in [0.15, 0.2) is 11.5 Å². The molecule has 0 aliphatic carbocycles. The van der Waals surface area contributed by atoms with Gasteiger partial charge in [-0.3, -0.25) is 19.5 Å². The second-order valence-electron chi connectivity index (χ2n) is 9.42. The molecule has 15 heteroatoms. The zero-order valence-corrected chi connectivity index (χ0v) is 22.8. The zero-order chi connectivity index (χ0) is 30.3. The van der Waals surface area contributed by atoms with E-state index in [1.54, 1.807) is 19.0 Å². The highest BCUT2D eigenvalue weighted by Gasteiger charge is 2.26. The molecular weight excluding hydrogens is 574 g/mol. The molecule has 1 N–H and O–H groups in total. The molecule has 42 heavy (non-hydrogen) atoms. The van der Waals surface area contributed by atoms with Gasteiger partial charge in [0, 0.05) is 29.1 Å². The molecule has 0 aliphatic heterocycles. The molecule has 2 aromatic carbocycles. The van der Waals surface area contributed by atoms with Crippen LogP contribution in [0.4, 0.5) is 14.5 Å². The van der Waals surface area contributed by atoms with Crippen LogP contribution in [0, 0.1) is 21.7 Å². The normalized spacial score (nSPS) is 11.4. The van der Waals surface area contributed by atoms with E-state index in [0.29, 0.717) is 20.6 Å². The largest absolute Gasteiger partial charge is 0.476 e. The summed E-state index contributed by atoms with van der Waals surface area (Å²) in [5.41, 5.74) is -1.80. The number of halogens is 2. The highest BCUT2D eigenvalue weighted by molar-refractivity contribution is 7.22. The fourth-order valence-electron chi connectivity index (χ4n) is 4.45. The summed E-state index contributed by atoms with van der Waals surface area (Å²) in [5.74, 6) is -3.47. The van der Waals surface area contributed by atoms with Gasteiger partial charge in [0.25, 0.3) is 11.2 Å². The lowest BCUT2D eigenvalue weighted by atomic mass is 10.1. The second kappa shape index (κ2) is 11.0. The summed E-state index contributed by atoms with van der Waals surface area (Å²) >= 11 is 1.02. The Labute approximate surface area is 238 Å². The number of carbonyl (C=O) groups is 1. The molecule has 0 saturated heterocycles. The molecule has 12 nitrogen and oxygen atoms in total. The van der Waals surface area contributed by atoms with Crippen molar-refractivity contribution in [3.63, 3.8) is 0 Å². The van der Waals surface area contributed by atoms with E-state index in [1.807, 2.05) is 0 Å². The number of hydrogen-bond acceptors (Lipinski definition) is 9. The molecule has 0 atom stereocenters. The predicted molar refractivity (Wildman–Crippen MR) is 149 cm³/mol. The van der Waals surface area contributed by atoms with E-state index in [9.17, 15) is 38.4 Å². The van der Waals surface area contributed by atoms with Crippen LogP contribution in [-0.2, 0) is 13.1 Å². The lowest BCUT2D eigenvalue weighted by Crippen LogP contribution is -2.40. The maximum atomic E-state index is 14.8. The molecule has 5 rings (SSSR count). The number of benzene rings is 2. The van der Waals surface area contributed by atoms with Crippen LogP contribution in [0.2, 0.25) is 0 Å². The Morgan fingerprint density at radius 1 is 1.02 bits per heavy atom. The van der Waals surface area contributed by atoms with Crippen molar-refractivity contribution in [2.75, 3.05) is 14.1 Å². The topological polar surface area (TPSA) is 153 Å². The molecule has 0 unspecified atom stereocenters. The van der Waals surface area contributed by atoms with Crippen molar-refractivity contribution in [3.05, 3.63) is 114 Å². The van der Waals surface area contributed by atoms with E-state index in [4.69, 9.17) is 0 Å². The molecular formula is C27H20F2N6O6S. The van der Waals surface area contributed by atoms with Gasteiger partial charge >= 0.3 is 11.7 Å². The molecule has 0 aliphatic rings. The Morgan fingerprint density at radius 3 is 2.24 bits per heavy atom. The van der Waals surface area contributed by atoms with E-state index in [1.165, 1.54) is 30.3 Å². The number of rotatable bonds is 8. The third-order valence-corrected chi connectivity index (χ3v) is 7.67. The number of nitro benzene ring substituents is 1. The van der Waals surface area contributed by atoms with Crippen molar-refractivity contribution in [1.29, 1.82) is 0 Å². The quantitative estimate of drug-likeness (QED) is 0.209. The average Bonchev–Trinajstić information content (AvgIpc) is 3.31. The molecule has 0 fully saturated rings. The highest BCUT2D eigenvalue weighted by atomic mass is 32.1. The summed E-state index contributed by atoms with van der Waals surface area (Å²) in [6, 6.07) is 11.1. The molecule has 0 radical (unpaired) electrons. The summed E-state index contributed by atoms with van der Waals surface area (Å²) in [6.45, 7) is -0.395. The lowest BCUT2D eigenvalue weighted by molar-refractivity contribution is -0.384. The minimum atomic E-state index is -1.37. The van der Waals surface area contributed by atoms with E-state index in [2.05, 4.69) is 10.2 Å². The van der Waals surface area contributed by atoms with Crippen LogP contribution in [0.5, 0.6) is 0 Å². The number of aromatic nitrogens is 4. The van der Waals surface area contributed by atoms with E-state index < -0.39 is 51.6 Å². The summed E-state index contributed by atoms with van der Waals surface area (Å²) in [5, 5.41) is 27.8. The van der Waals surface area contributed by atoms with Crippen LogP contribution in [-0.4, -0.2) is 54.3 Å². The minimum Gasteiger partial charge on any atom is -0.476 e. The molecule has 0 amide bonds. The van der Waals surface area contributed by atoms with Crippen molar-refractivity contribution in [3.8, 4) is 16.3 Å². The number of nitrogens with zero attached hydrogens (tertiary/aromatic N) is 6. The van der Waals surface area contributed by atoms with Crippen molar-refractivity contribution < 1.29 is 23.6 Å². The molecule has 0 bridgehead atoms. The fraction of sp³-hybridized carbons (Fsp3) is 0.148. The van der Waals surface area contributed by atoms with E-state index in [-0.39, 0.29) is 28.3 Å². The number of fused-ring (bicyclic) bond motifs is 1. The summed E-state index contributed by atoms with van der Waals surface area (Å²) in [4.78, 5) is 52.2. The first-order chi connectivity index (χ1) is 20.0. The first kappa shape index (κ1) is 28.4. The van der Waals surface area contributed by atoms with Crippen molar-refractivity contribution in [2.45, 2.75) is 13.1 Å². The molecule has 3 heterocycles. The number of carboxylic acid groups (broad SMARTS) is 1. The summed E-state index contributed by atoms with van der Waals surface area (Å²) in [6.07, 6.45) is 0. The maximum Gasteiger partial charge on any atom is 0.356 e. The third kappa shape index (κ3) is 5.06. The van der Waals surface area contributed by atoms with Gasteiger partial charge in [-0.15, -0.1) is 21.5 Å². The number of carboxylic acids is 1. The Kier molecular flexibility index (Phi) is 7.45. The van der Waals surface area contributed by atoms with Gasteiger partial charge in [-0.1, -0.05) is 6.07 Å². The molecule has 0 spiro atoms. The number of non-ortho nitro benzene ring substituents is 1. The fourth-order valence-corrected chi connectivity index (χ4v) is 5.75. The number of aromatic carboxylic acids is 1. The van der Waals surface area contributed by atoms with Crippen LogP contribution >= 0.6 is 11.3 Å². The molecule has 3 aromatic heterocycles. The average molecular weight is 595 g/mol. The Hall–Kier alpha value is -5.15. The smallest absolute Gasteiger partial charge is 0.356 e. The van der Waals surface area contributed by atoms with Crippen LogP contribution in [0.3, 0.4) is 0 Å².